The number of carbonyl (C=O) groups is 1. The van der Waals surface area contributed by atoms with Gasteiger partial charge in [-0.25, -0.2) is 4.79 Å². The van der Waals surface area contributed by atoms with Crippen LogP contribution in [0.3, 0.4) is 0 Å². The van der Waals surface area contributed by atoms with Crippen LogP contribution in [-0.4, -0.2) is 12.6 Å². The van der Waals surface area contributed by atoms with E-state index in [1.807, 2.05) is 36.4 Å². The lowest BCUT2D eigenvalue weighted by Crippen LogP contribution is -2.26. The van der Waals surface area contributed by atoms with Gasteiger partial charge in [0.05, 0.1) is 0 Å². The molecule has 0 fully saturated rings. The van der Waals surface area contributed by atoms with Crippen LogP contribution < -0.4 is 5.32 Å². The Morgan fingerprint density at radius 1 is 1.10 bits per heavy atom. The van der Waals surface area contributed by atoms with Crippen molar-refractivity contribution in [2.45, 2.75) is 13.0 Å². The summed E-state index contributed by atoms with van der Waals surface area (Å²) in [7, 11) is 0. The maximum absolute atomic E-state index is 11.6. The average molecular weight is 324 g/mol. The van der Waals surface area contributed by atoms with E-state index in [1.165, 1.54) is 0 Å². The predicted octanol–water partition coefficient (Wildman–Crippen LogP) is 4.46. The predicted molar refractivity (Wildman–Crippen MR) is 84.8 cm³/mol. The van der Waals surface area contributed by atoms with Crippen LogP contribution in [0, 0.1) is 0 Å². The number of ether oxygens (including phenoxy) is 1. The zero-order valence-corrected chi connectivity index (χ0v) is 12.8. The second kappa shape index (κ2) is 7.91. The molecule has 0 unspecified atom stereocenters. The van der Waals surface area contributed by atoms with Crippen LogP contribution in [0.5, 0.6) is 0 Å². The smallest absolute Gasteiger partial charge is 0.407 e. The quantitative estimate of drug-likeness (QED) is 0.882. The molecule has 0 bridgehead atoms. The summed E-state index contributed by atoms with van der Waals surface area (Å²) < 4.78 is 5.11. The standard InChI is InChI=1S/C16H15Cl2NO2/c17-14-7-6-13(15(18)10-14)8-9-19-16(20)21-11-12-4-2-1-3-5-12/h1-7,10H,8-9,11H2,(H,19,20). The minimum Gasteiger partial charge on any atom is -0.445 e. The third kappa shape index (κ3) is 5.29. The SMILES string of the molecule is O=C(NCCc1ccc(Cl)cc1Cl)OCc1ccccc1. The molecule has 2 rings (SSSR count). The normalized spacial score (nSPS) is 10.2. The number of amides is 1. The number of halogens is 2. The Morgan fingerprint density at radius 2 is 1.86 bits per heavy atom. The van der Waals surface area contributed by atoms with E-state index in [-0.39, 0.29) is 6.61 Å². The average Bonchev–Trinajstić information content (AvgIpc) is 2.48. The molecule has 0 aromatic heterocycles. The Morgan fingerprint density at radius 3 is 2.57 bits per heavy atom. The molecule has 0 atom stereocenters. The number of carbonyl (C=O) groups excluding carboxylic acids is 1. The van der Waals surface area contributed by atoms with Crippen LogP contribution in [0.15, 0.2) is 48.5 Å². The first-order valence-corrected chi connectivity index (χ1v) is 7.29. The van der Waals surface area contributed by atoms with Crippen LogP contribution in [0.1, 0.15) is 11.1 Å². The minimum absolute atomic E-state index is 0.258. The molecule has 21 heavy (non-hydrogen) atoms. The zero-order valence-electron chi connectivity index (χ0n) is 11.3. The fraction of sp³-hybridized carbons (Fsp3) is 0.188. The molecule has 0 heterocycles. The van der Waals surface area contributed by atoms with Gasteiger partial charge < -0.3 is 10.1 Å². The number of nitrogens with one attached hydrogen (secondary N) is 1. The van der Waals surface area contributed by atoms with Gasteiger partial charge in [-0.3, -0.25) is 0 Å². The Bertz CT molecular complexity index is 602. The molecule has 0 aliphatic carbocycles. The van der Waals surface area contributed by atoms with Gasteiger partial charge in [0, 0.05) is 16.6 Å². The van der Waals surface area contributed by atoms with Gasteiger partial charge in [0.1, 0.15) is 6.61 Å². The summed E-state index contributed by atoms with van der Waals surface area (Å²) in [6.07, 6.45) is 0.181. The molecule has 2 aromatic rings. The van der Waals surface area contributed by atoms with Crippen LogP contribution in [0.25, 0.3) is 0 Å². The van der Waals surface area contributed by atoms with Gasteiger partial charge in [-0.2, -0.15) is 0 Å². The van der Waals surface area contributed by atoms with Gasteiger partial charge in [-0.05, 0) is 29.7 Å². The summed E-state index contributed by atoms with van der Waals surface area (Å²) in [6.45, 7) is 0.712. The monoisotopic (exact) mass is 323 g/mol. The molecule has 0 aliphatic heterocycles. The van der Waals surface area contributed by atoms with E-state index >= 15 is 0 Å². The lowest BCUT2D eigenvalue weighted by Gasteiger charge is -2.08. The first-order valence-electron chi connectivity index (χ1n) is 6.53. The first kappa shape index (κ1) is 15.7. The third-order valence-corrected chi connectivity index (χ3v) is 3.48. The van der Waals surface area contributed by atoms with E-state index in [0.29, 0.717) is 23.0 Å². The van der Waals surface area contributed by atoms with E-state index in [1.54, 1.807) is 12.1 Å². The highest BCUT2D eigenvalue weighted by atomic mass is 35.5. The second-order valence-electron chi connectivity index (χ2n) is 4.47. The van der Waals surface area contributed by atoms with Crippen molar-refractivity contribution >= 4 is 29.3 Å². The third-order valence-electron chi connectivity index (χ3n) is 2.89. The van der Waals surface area contributed by atoms with E-state index in [0.717, 1.165) is 11.1 Å². The Balaban J connectivity index is 1.72. The van der Waals surface area contributed by atoms with Crippen molar-refractivity contribution in [1.82, 2.24) is 5.32 Å². The van der Waals surface area contributed by atoms with Crippen LogP contribution in [0.4, 0.5) is 4.79 Å². The molecule has 110 valence electrons. The van der Waals surface area contributed by atoms with Gasteiger partial charge in [-0.15, -0.1) is 0 Å². The molecule has 0 saturated carbocycles. The zero-order chi connectivity index (χ0) is 15.1. The molecule has 1 N–H and O–H groups in total. The largest absolute Gasteiger partial charge is 0.445 e. The van der Waals surface area contributed by atoms with E-state index in [9.17, 15) is 4.79 Å². The maximum atomic E-state index is 11.6. The van der Waals surface area contributed by atoms with Gasteiger partial charge in [0.15, 0.2) is 0 Å². The Labute approximate surface area is 133 Å². The highest BCUT2D eigenvalue weighted by Crippen LogP contribution is 2.21. The van der Waals surface area contributed by atoms with Gasteiger partial charge in [0.2, 0.25) is 0 Å². The van der Waals surface area contributed by atoms with Gasteiger partial charge in [-0.1, -0.05) is 59.6 Å². The number of hydrogen-bond donors (Lipinski definition) is 1. The fourth-order valence-corrected chi connectivity index (χ4v) is 2.30. The Hall–Kier alpha value is -1.71. The maximum Gasteiger partial charge on any atom is 0.407 e. The summed E-state index contributed by atoms with van der Waals surface area (Å²) in [6, 6.07) is 14.8. The molecule has 0 radical (unpaired) electrons. The first-order chi connectivity index (χ1) is 10.1. The van der Waals surface area contributed by atoms with Crippen LogP contribution in [-0.2, 0) is 17.8 Å². The van der Waals surface area contributed by atoms with E-state index in [2.05, 4.69) is 5.32 Å². The summed E-state index contributed by atoms with van der Waals surface area (Å²) in [5.41, 5.74) is 1.89. The van der Waals surface area contributed by atoms with Crippen molar-refractivity contribution in [3.8, 4) is 0 Å². The molecular weight excluding hydrogens is 309 g/mol. The molecule has 1 amide bonds. The van der Waals surface area contributed by atoms with E-state index in [4.69, 9.17) is 27.9 Å². The van der Waals surface area contributed by atoms with Crippen molar-refractivity contribution in [1.29, 1.82) is 0 Å². The van der Waals surface area contributed by atoms with E-state index < -0.39 is 6.09 Å². The highest BCUT2D eigenvalue weighted by Gasteiger charge is 2.04. The van der Waals surface area contributed by atoms with Gasteiger partial charge >= 0.3 is 6.09 Å². The fourth-order valence-electron chi connectivity index (χ4n) is 1.80. The molecule has 0 aliphatic rings. The highest BCUT2D eigenvalue weighted by molar-refractivity contribution is 6.35. The summed E-state index contributed by atoms with van der Waals surface area (Å²) in [4.78, 5) is 11.6. The second-order valence-corrected chi connectivity index (χ2v) is 5.32. The molecule has 2 aromatic carbocycles. The minimum atomic E-state index is -0.441. The van der Waals surface area contributed by atoms with Crippen molar-refractivity contribution in [2.75, 3.05) is 6.54 Å². The van der Waals surface area contributed by atoms with Crippen LogP contribution >= 0.6 is 23.2 Å². The van der Waals surface area contributed by atoms with Crippen LogP contribution in [0.2, 0.25) is 10.0 Å². The van der Waals surface area contributed by atoms with Gasteiger partial charge in [0.25, 0.3) is 0 Å². The van der Waals surface area contributed by atoms with Crippen molar-refractivity contribution in [3.05, 3.63) is 69.7 Å². The molecule has 0 saturated heterocycles. The number of rotatable bonds is 5. The summed E-state index contributed by atoms with van der Waals surface area (Å²) in [5, 5.41) is 3.89. The summed E-state index contributed by atoms with van der Waals surface area (Å²) in [5.74, 6) is 0. The van der Waals surface area contributed by atoms with Crippen molar-refractivity contribution < 1.29 is 9.53 Å². The lowest BCUT2D eigenvalue weighted by atomic mass is 10.1. The number of benzene rings is 2. The molecule has 5 heteroatoms. The topological polar surface area (TPSA) is 38.3 Å². The summed E-state index contributed by atoms with van der Waals surface area (Å²) >= 11 is 11.9. The number of hydrogen-bond acceptors (Lipinski definition) is 2. The number of alkyl carbamates (subject to hydrolysis) is 1. The molecule has 3 nitrogen and oxygen atoms in total. The van der Waals surface area contributed by atoms with Crippen molar-refractivity contribution in [3.63, 3.8) is 0 Å². The molecular formula is C16H15Cl2NO2. The van der Waals surface area contributed by atoms with Crippen molar-refractivity contribution in [2.24, 2.45) is 0 Å². The Kier molecular flexibility index (Phi) is 5.90. The molecule has 0 spiro atoms. The lowest BCUT2D eigenvalue weighted by molar-refractivity contribution is 0.140.